The summed E-state index contributed by atoms with van der Waals surface area (Å²) in [6, 6.07) is 6.87. The van der Waals surface area contributed by atoms with Crippen LogP contribution in [0.4, 0.5) is 10.2 Å². The predicted octanol–water partition coefficient (Wildman–Crippen LogP) is 3.51. The van der Waals surface area contributed by atoms with Gasteiger partial charge in [-0.1, -0.05) is 18.2 Å². The number of methoxy groups -OCH3 is 1. The first-order valence-corrected chi connectivity index (χ1v) is 11.3. The molecule has 35 heavy (non-hydrogen) atoms. The van der Waals surface area contributed by atoms with Crippen LogP contribution in [0, 0.1) is 0 Å². The first-order valence-electron chi connectivity index (χ1n) is 11.3. The third-order valence-corrected chi connectivity index (χ3v) is 6.73. The van der Waals surface area contributed by atoms with Crippen molar-refractivity contribution in [1.29, 1.82) is 0 Å². The number of nitrogens with one attached hydrogen (secondary N) is 1. The van der Waals surface area contributed by atoms with Crippen LogP contribution >= 0.6 is 0 Å². The Balaban J connectivity index is 1.63. The van der Waals surface area contributed by atoms with E-state index in [2.05, 4.69) is 20.3 Å². The Hall–Kier alpha value is -3.60. The van der Waals surface area contributed by atoms with Crippen molar-refractivity contribution in [3.63, 3.8) is 0 Å². The van der Waals surface area contributed by atoms with Crippen molar-refractivity contribution in [2.24, 2.45) is 0 Å². The number of ether oxygens (including phenoxy) is 3. The number of halogens is 1. The number of aromatic nitrogens is 4. The molecule has 3 heterocycles. The molecule has 2 fully saturated rings. The number of esters is 2. The molecule has 0 bridgehead atoms. The third kappa shape index (κ3) is 3.70. The number of anilines is 1. The Morgan fingerprint density at radius 1 is 1.20 bits per heavy atom. The van der Waals surface area contributed by atoms with Gasteiger partial charge in [-0.15, -0.1) is 0 Å². The molecule has 2 aromatic heterocycles. The normalized spacial score (nSPS) is 28.1. The maximum absolute atomic E-state index is 16.8. The predicted molar refractivity (Wildman–Crippen MR) is 122 cm³/mol. The van der Waals surface area contributed by atoms with Crippen molar-refractivity contribution in [3.05, 3.63) is 48.0 Å². The van der Waals surface area contributed by atoms with Crippen molar-refractivity contribution in [1.82, 2.24) is 19.5 Å². The van der Waals surface area contributed by atoms with Crippen LogP contribution in [0.3, 0.4) is 0 Å². The molecule has 3 aromatic rings. The van der Waals surface area contributed by atoms with Crippen LogP contribution in [0.1, 0.15) is 61.9 Å². The van der Waals surface area contributed by atoms with Gasteiger partial charge in [0.05, 0.1) is 19.0 Å². The van der Waals surface area contributed by atoms with Gasteiger partial charge in [-0.3, -0.25) is 9.36 Å². The molecule has 1 unspecified atom stereocenters. The zero-order chi connectivity index (χ0) is 25.0. The van der Waals surface area contributed by atoms with E-state index in [-0.39, 0.29) is 5.56 Å². The fraction of sp³-hybridized carbons (Fsp3) is 0.458. The van der Waals surface area contributed by atoms with E-state index in [1.54, 1.807) is 24.3 Å². The molecular formula is C24H26FN5O5. The number of carbonyl (C=O) groups excluding carboxylic acids is 2. The van der Waals surface area contributed by atoms with Crippen molar-refractivity contribution >= 4 is 28.9 Å². The average molecular weight is 484 g/mol. The highest BCUT2D eigenvalue weighted by atomic mass is 19.1. The summed E-state index contributed by atoms with van der Waals surface area (Å²) < 4.78 is 35.1. The summed E-state index contributed by atoms with van der Waals surface area (Å²) in [6.07, 6.45) is 2.49. The van der Waals surface area contributed by atoms with E-state index in [0.717, 1.165) is 12.8 Å². The molecule has 0 radical (unpaired) electrons. The lowest BCUT2D eigenvalue weighted by Crippen LogP contribution is -2.51. The summed E-state index contributed by atoms with van der Waals surface area (Å²) >= 11 is 0. The van der Waals surface area contributed by atoms with E-state index >= 15 is 4.39 Å². The zero-order valence-electron chi connectivity index (χ0n) is 19.8. The average Bonchev–Trinajstić information content (AvgIpc) is 3.50. The van der Waals surface area contributed by atoms with E-state index in [1.165, 1.54) is 45.1 Å². The highest BCUT2D eigenvalue weighted by molar-refractivity contribution is 5.91. The molecule has 5 rings (SSSR count). The van der Waals surface area contributed by atoms with Crippen LogP contribution in [-0.4, -0.2) is 55.9 Å². The van der Waals surface area contributed by atoms with Gasteiger partial charge in [0.2, 0.25) is 0 Å². The number of rotatable bonds is 6. The monoisotopic (exact) mass is 483 g/mol. The number of hydrogen-bond acceptors (Lipinski definition) is 9. The molecular weight excluding hydrogens is 457 g/mol. The van der Waals surface area contributed by atoms with E-state index in [1.807, 2.05) is 0 Å². The highest BCUT2D eigenvalue weighted by Crippen LogP contribution is 2.57. The second-order valence-electron chi connectivity index (χ2n) is 9.19. The third-order valence-electron chi connectivity index (χ3n) is 6.73. The first-order chi connectivity index (χ1) is 16.7. The second kappa shape index (κ2) is 8.26. The van der Waals surface area contributed by atoms with Gasteiger partial charge in [-0.2, -0.15) is 0 Å². The lowest BCUT2D eigenvalue weighted by Gasteiger charge is -2.37. The zero-order valence-corrected chi connectivity index (χ0v) is 19.8. The molecule has 0 amide bonds. The van der Waals surface area contributed by atoms with Gasteiger partial charge in [-0.25, -0.2) is 24.1 Å². The summed E-state index contributed by atoms with van der Waals surface area (Å²) in [6.45, 7) is 3.96. The Morgan fingerprint density at radius 3 is 2.63 bits per heavy atom. The van der Waals surface area contributed by atoms with E-state index < -0.39 is 35.5 Å². The standard InChI is InChI=1S/C24H26FN5O5/c1-13(31)35-24(3)18(15-7-5-6-8-16(15)21(32)33-4)34-22(23(24,2)25)30-12-28-17-19(29-14-9-10-14)26-11-27-20(17)30/h5-8,11-12,14,18,22H,9-10H2,1-4H3,(H,26,27,29)/t18-,22?,23+,24+/m1/s1. The Morgan fingerprint density at radius 2 is 1.94 bits per heavy atom. The molecule has 4 atom stereocenters. The van der Waals surface area contributed by atoms with Gasteiger partial charge in [0.15, 0.2) is 34.5 Å². The van der Waals surface area contributed by atoms with Crippen LogP contribution in [0.2, 0.25) is 0 Å². The van der Waals surface area contributed by atoms with Crippen molar-refractivity contribution in [3.8, 4) is 0 Å². The summed E-state index contributed by atoms with van der Waals surface area (Å²) in [7, 11) is 1.26. The number of fused-ring (bicyclic) bond motifs is 1. The van der Waals surface area contributed by atoms with Crippen molar-refractivity contribution in [2.45, 2.75) is 63.3 Å². The quantitative estimate of drug-likeness (QED) is 0.526. The number of hydrogen-bond donors (Lipinski definition) is 1. The van der Waals surface area contributed by atoms with E-state index in [0.29, 0.717) is 28.6 Å². The number of imidazole rings is 1. The Kier molecular flexibility index (Phi) is 5.47. The molecule has 1 saturated carbocycles. The molecule has 1 N–H and O–H groups in total. The number of carbonyl (C=O) groups is 2. The molecule has 1 saturated heterocycles. The van der Waals surface area contributed by atoms with Gasteiger partial charge >= 0.3 is 11.9 Å². The van der Waals surface area contributed by atoms with E-state index in [4.69, 9.17) is 14.2 Å². The van der Waals surface area contributed by atoms with E-state index in [9.17, 15) is 9.59 Å². The Labute approximate surface area is 200 Å². The lowest BCUT2D eigenvalue weighted by molar-refractivity contribution is -0.174. The van der Waals surface area contributed by atoms with Crippen LogP contribution in [-0.2, 0) is 19.0 Å². The summed E-state index contributed by atoms with van der Waals surface area (Å²) in [5.74, 6) is -0.741. The minimum Gasteiger partial charge on any atom is -0.465 e. The fourth-order valence-corrected chi connectivity index (χ4v) is 4.61. The fourth-order valence-electron chi connectivity index (χ4n) is 4.61. The smallest absolute Gasteiger partial charge is 0.338 e. The molecule has 0 spiro atoms. The van der Waals surface area contributed by atoms with Gasteiger partial charge in [0.1, 0.15) is 12.4 Å². The SMILES string of the molecule is COC(=O)c1ccccc1[C@H]1OC(n2cnc3c(NC4CC4)ncnc32)[C@](C)(F)[C@@]1(C)OC(C)=O. The Bertz CT molecular complexity index is 1310. The minimum atomic E-state index is -2.25. The highest BCUT2D eigenvalue weighted by Gasteiger charge is 2.67. The topological polar surface area (TPSA) is 117 Å². The number of benzene rings is 1. The largest absolute Gasteiger partial charge is 0.465 e. The number of alkyl halides is 1. The second-order valence-corrected chi connectivity index (χ2v) is 9.19. The molecule has 184 valence electrons. The van der Waals surface area contributed by atoms with Crippen LogP contribution < -0.4 is 5.32 Å². The van der Waals surface area contributed by atoms with Gasteiger partial charge in [0.25, 0.3) is 0 Å². The minimum absolute atomic E-state index is 0.184. The molecule has 10 nitrogen and oxygen atoms in total. The van der Waals surface area contributed by atoms with Crippen LogP contribution in [0.5, 0.6) is 0 Å². The summed E-state index contributed by atoms with van der Waals surface area (Å²) in [5.41, 5.74) is -2.69. The van der Waals surface area contributed by atoms with Gasteiger partial charge in [0, 0.05) is 13.0 Å². The summed E-state index contributed by atoms with van der Waals surface area (Å²) in [4.78, 5) is 37.6. The first kappa shape index (κ1) is 23.2. The maximum Gasteiger partial charge on any atom is 0.338 e. The van der Waals surface area contributed by atoms with Gasteiger partial charge in [-0.05, 0) is 38.3 Å². The molecule has 1 aliphatic heterocycles. The molecule has 1 aliphatic carbocycles. The summed E-state index contributed by atoms with van der Waals surface area (Å²) in [5, 5.41) is 3.30. The van der Waals surface area contributed by atoms with Gasteiger partial charge < -0.3 is 19.5 Å². The maximum atomic E-state index is 16.8. The van der Waals surface area contributed by atoms with Crippen LogP contribution in [0.15, 0.2) is 36.9 Å². The molecule has 2 aliphatic rings. The molecule has 1 aromatic carbocycles. The lowest BCUT2D eigenvalue weighted by atomic mass is 9.80. The number of nitrogens with zero attached hydrogens (tertiary/aromatic N) is 4. The van der Waals surface area contributed by atoms with Crippen molar-refractivity contribution in [2.75, 3.05) is 12.4 Å². The van der Waals surface area contributed by atoms with Crippen molar-refractivity contribution < 1.29 is 28.2 Å². The van der Waals surface area contributed by atoms with Crippen LogP contribution in [0.25, 0.3) is 11.2 Å². The molecule has 11 heteroatoms.